The fourth-order valence-corrected chi connectivity index (χ4v) is 1.92. The molecule has 0 saturated carbocycles. The topological polar surface area (TPSA) is 37.3 Å². The summed E-state index contributed by atoms with van der Waals surface area (Å²) in [5.41, 5.74) is -2.64. The van der Waals surface area contributed by atoms with E-state index in [0.29, 0.717) is 12.2 Å². The second-order valence-corrected chi connectivity index (χ2v) is 4.32. The monoisotopic (exact) mass is 332 g/mol. The van der Waals surface area contributed by atoms with Gasteiger partial charge >= 0.3 is 5.97 Å². The van der Waals surface area contributed by atoms with Crippen LogP contribution in [0.15, 0.2) is 24.3 Å². The molecule has 1 N–H and O–H groups in total. The first-order valence-electron chi connectivity index (χ1n) is 5.97. The van der Waals surface area contributed by atoms with E-state index in [0.717, 1.165) is 18.2 Å². The Labute approximate surface area is 125 Å². The molecule has 0 atom stereocenters. The summed E-state index contributed by atoms with van der Waals surface area (Å²) >= 11 is 0. The summed E-state index contributed by atoms with van der Waals surface area (Å²) in [7, 11) is 0. The summed E-state index contributed by atoms with van der Waals surface area (Å²) in [6.45, 7) is 0. The number of aliphatic carboxylic acids is 1. The van der Waals surface area contributed by atoms with Gasteiger partial charge in [0.1, 0.15) is 5.82 Å². The molecule has 0 heterocycles. The van der Waals surface area contributed by atoms with Crippen LogP contribution in [-0.2, 0) is 4.79 Å². The van der Waals surface area contributed by atoms with E-state index in [1.165, 1.54) is 0 Å². The van der Waals surface area contributed by atoms with Gasteiger partial charge in [-0.1, -0.05) is 12.1 Å². The molecule has 0 saturated heterocycles. The second kappa shape index (κ2) is 6.15. The van der Waals surface area contributed by atoms with Crippen molar-refractivity contribution in [1.29, 1.82) is 0 Å². The lowest BCUT2D eigenvalue weighted by molar-refractivity contribution is -0.131. The Balaban J connectivity index is 2.84. The van der Waals surface area contributed by atoms with Gasteiger partial charge in [-0.2, -0.15) is 0 Å². The molecule has 0 spiro atoms. The zero-order valence-electron chi connectivity index (χ0n) is 11.0. The summed E-state index contributed by atoms with van der Waals surface area (Å²) < 4.78 is 81.0. The predicted molar refractivity (Wildman–Crippen MR) is 68.3 cm³/mol. The number of hydrogen-bond donors (Lipinski definition) is 1. The lowest BCUT2D eigenvalue weighted by Crippen LogP contribution is -2.05. The minimum atomic E-state index is -2.34. The highest BCUT2D eigenvalue weighted by atomic mass is 19.2. The molecule has 2 aromatic rings. The maximum absolute atomic E-state index is 13.8. The van der Waals surface area contributed by atoms with E-state index in [1.807, 2.05) is 0 Å². The zero-order chi connectivity index (χ0) is 17.3. The number of rotatable bonds is 3. The Morgan fingerprint density at radius 2 is 1.39 bits per heavy atom. The molecule has 0 bridgehead atoms. The molecule has 0 aliphatic heterocycles. The smallest absolute Gasteiger partial charge is 0.328 e. The van der Waals surface area contributed by atoms with Crippen molar-refractivity contribution in [3.8, 4) is 11.1 Å². The van der Waals surface area contributed by atoms with Crippen LogP contribution in [0.5, 0.6) is 0 Å². The van der Waals surface area contributed by atoms with Gasteiger partial charge in [0, 0.05) is 11.6 Å². The van der Waals surface area contributed by atoms with Crippen molar-refractivity contribution in [2.75, 3.05) is 0 Å². The average molecular weight is 332 g/mol. The number of halogens is 6. The molecular weight excluding hydrogens is 326 g/mol. The first kappa shape index (κ1) is 16.6. The van der Waals surface area contributed by atoms with Crippen molar-refractivity contribution in [1.82, 2.24) is 0 Å². The van der Waals surface area contributed by atoms with Gasteiger partial charge in [0.25, 0.3) is 0 Å². The lowest BCUT2D eigenvalue weighted by atomic mass is 9.97. The quantitative estimate of drug-likeness (QED) is 0.394. The fourth-order valence-electron chi connectivity index (χ4n) is 1.92. The van der Waals surface area contributed by atoms with Gasteiger partial charge in [-0.15, -0.1) is 0 Å². The summed E-state index contributed by atoms with van der Waals surface area (Å²) in [6.07, 6.45) is 1.12. The zero-order valence-corrected chi connectivity index (χ0v) is 11.0. The van der Waals surface area contributed by atoms with E-state index in [4.69, 9.17) is 5.11 Å². The van der Waals surface area contributed by atoms with Crippen LogP contribution in [0.25, 0.3) is 17.2 Å². The van der Waals surface area contributed by atoms with Gasteiger partial charge in [-0.3, -0.25) is 0 Å². The molecule has 0 aromatic heterocycles. The largest absolute Gasteiger partial charge is 0.478 e. The van der Waals surface area contributed by atoms with Gasteiger partial charge in [0.2, 0.25) is 5.82 Å². The number of carboxylic acids is 1. The van der Waals surface area contributed by atoms with Gasteiger partial charge in [-0.25, -0.2) is 31.1 Å². The molecule has 0 unspecified atom stereocenters. The maximum atomic E-state index is 13.8. The standard InChI is InChI=1S/C15H6F6O2/c16-8-3-1-2-7(6(8)4-5-9(22)23)10-11(17)13(19)15(21)14(20)12(10)18/h1-5H,(H,22,23)/b5-4+. The highest BCUT2D eigenvalue weighted by molar-refractivity contribution is 5.88. The van der Waals surface area contributed by atoms with Gasteiger partial charge in [0.15, 0.2) is 23.3 Å². The van der Waals surface area contributed by atoms with E-state index in [1.54, 1.807) is 0 Å². The molecular formula is C15H6F6O2. The van der Waals surface area contributed by atoms with Crippen molar-refractivity contribution in [2.45, 2.75) is 0 Å². The van der Waals surface area contributed by atoms with Crippen LogP contribution in [0.2, 0.25) is 0 Å². The van der Waals surface area contributed by atoms with Gasteiger partial charge in [0.05, 0.1) is 5.56 Å². The van der Waals surface area contributed by atoms with Crippen molar-refractivity contribution >= 4 is 12.0 Å². The Morgan fingerprint density at radius 3 is 1.91 bits per heavy atom. The SMILES string of the molecule is O=C(O)/C=C/c1c(F)cccc1-c1c(F)c(F)c(F)c(F)c1F. The summed E-state index contributed by atoms with van der Waals surface area (Å²) in [5.74, 6) is -13.6. The van der Waals surface area contributed by atoms with E-state index in [-0.39, 0.29) is 0 Å². The first-order valence-corrected chi connectivity index (χ1v) is 5.97. The van der Waals surface area contributed by atoms with Crippen molar-refractivity contribution in [2.24, 2.45) is 0 Å². The molecule has 2 nitrogen and oxygen atoms in total. The van der Waals surface area contributed by atoms with Crippen LogP contribution in [0.3, 0.4) is 0 Å². The molecule has 0 radical (unpaired) electrons. The Hall–Kier alpha value is -2.77. The fraction of sp³-hybridized carbons (Fsp3) is 0. The normalized spacial score (nSPS) is 11.2. The Kier molecular flexibility index (Phi) is 4.44. The van der Waals surface area contributed by atoms with Crippen LogP contribution in [-0.4, -0.2) is 11.1 Å². The summed E-state index contributed by atoms with van der Waals surface area (Å²) in [4.78, 5) is 10.5. The molecule has 2 aromatic carbocycles. The Bertz CT molecular complexity index is 800. The third-order valence-electron chi connectivity index (χ3n) is 2.92. The minimum Gasteiger partial charge on any atom is -0.478 e. The second-order valence-electron chi connectivity index (χ2n) is 4.32. The number of hydrogen-bond acceptors (Lipinski definition) is 1. The van der Waals surface area contributed by atoms with Crippen LogP contribution in [0.4, 0.5) is 26.3 Å². The predicted octanol–water partition coefficient (Wildman–Crippen LogP) is 4.29. The van der Waals surface area contributed by atoms with Gasteiger partial charge < -0.3 is 5.11 Å². The molecule has 2 rings (SSSR count). The van der Waals surface area contributed by atoms with E-state index >= 15 is 0 Å². The molecule has 0 aliphatic rings. The highest BCUT2D eigenvalue weighted by Crippen LogP contribution is 2.34. The maximum Gasteiger partial charge on any atom is 0.328 e. The number of carbonyl (C=O) groups is 1. The third kappa shape index (κ3) is 2.92. The van der Waals surface area contributed by atoms with Crippen LogP contribution in [0, 0.1) is 34.9 Å². The van der Waals surface area contributed by atoms with Crippen molar-refractivity contribution in [3.05, 3.63) is 64.7 Å². The lowest BCUT2D eigenvalue weighted by Gasteiger charge is -2.11. The van der Waals surface area contributed by atoms with E-state index in [2.05, 4.69) is 0 Å². The minimum absolute atomic E-state index is 0.466. The first-order chi connectivity index (χ1) is 10.8. The molecule has 120 valence electrons. The summed E-state index contributed by atoms with van der Waals surface area (Å²) in [5, 5.41) is 8.53. The van der Waals surface area contributed by atoms with Crippen LogP contribution >= 0.6 is 0 Å². The van der Waals surface area contributed by atoms with Crippen molar-refractivity contribution < 1.29 is 36.2 Å². The van der Waals surface area contributed by atoms with E-state index in [9.17, 15) is 31.1 Å². The van der Waals surface area contributed by atoms with Crippen LogP contribution in [0.1, 0.15) is 5.56 Å². The number of benzene rings is 2. The third-order valence-corrected chi connectivity index (χ3v) is 2.92. The number of carboxylic acid groups (broad SMARTS) is 1. The molecule has 0 fully saturated rings. The average Bonchev–Trinajstić information content (AvgIpc) is 2.50. The van der Waals surface area contributed by atoms with Gasteiger partial charge in [-0.05, 0) is 17.7 Å². The Morgan fingerprint density at radius 1 is 0.870 bits per heavy atom. The highest BCUT2D eigenvalue weighted by Gasteiger charge is 2.28. The van der Waals surface area contributed by atoms with Crippen LogP contribution < -0.4 is 0 Å². The molecule has 8 heteroatoms. The summed E-state index contributed by atoms with van der Waals surface area (Å²) in [6, 6.07) is 2.74. The molecule has 0 amide bonds. The van der Waals surface area contributed by atoms with Crippen molar-refractivity contribution in [3.63, 3.8) is 0 Å². The van der Waals surface area contributed by atoms with E-state index < -0.39 is 57.6 Å². The molecule has 23 heavy (non-hydrogen) atoms. The molecule has 0 aliphatic carbocycles.